The number of aryl methyl sites for hydroxylation is 5. The van der Waals surface area contributed by atoms with Gasteiger partial charge in [-0.1, -0.05) is 54.7 Å². The molecule has 4 aromatic rings. The molecule has 0 unspecified atom stereocenters. The van der Waals surface area contributed by atoms with Crippen LogP contribution < -0.4 is 10.1 Å². The Hall–Kier alpha value is -3.50. The van der Waals surface area contributed by atoms with Crippen LogP contribution in [0.5, 0.6) is 5.75 Å². The Morgan fingerprint density at radius 1 is 0.775 bits per heavy atom. The molecular formula is C30H35N5O3S2. The quantitative estimate of drug-likeness (QED) is 0.167. The fourth-order valence-electron chi connectivity index (χ4n) is 4.23. The van der Waals surface area contributed by atoms with Gasteiger partial charge in [0.2, 0.25) is 11.0 Å². The van der Waals surface area contributed by atoms with Crippen LogP contribution in [0.1, 0.15) is 64.3 Å². The summed E-state index contributed by atoms with van der Waals surface area (Å²) in [5, 5.41) is 22.9. The molecule has 0 radical (unpaired) electrons. The van der Waals surface area contributed by atoms with E-state index in [0.29, 0.717) is 30.8 Å². The van der Waals surface area contributed by atoms with Crippen molar-refractivity contribution >= 4 is 39.5 Å². The third kappa shape index (κ3) is 9.60. The second-order valence-corrected chi connectivity index (χ2v) is 11.8. The largest absolute Gasteiger partial charge is 0.497 e. The van der Waals surface area contributed by atoms with E-state index in [1.54, 1.807) is 7.11 Å². The first-order chi connectivity index (χ1) is 19.5. The van der Waals surface area contributed by atoms with Gasteiger partial charge in [-0.2, -0.15) is 0 Å². The summed E-state index contributed by atoms with van der Waals surface area (Å²) in [4.78, 5) is 24.8. The third-order valence-corrected chi connectivity index (χ3v) is 8.35. The van der Waals surface area contributed by atoms with Gasteiger partial charge in [0.15, 0.2) is 0 Å². The number of benzene rings is 2. The van der Waals surface area contributed by atoms with Gasteiger partial charge in [-0.15, -0.1) is 31.7 Å². The first-order valence-corrected chi connectivity index (χ1v) is 15.3. The normalized spacial score (nSPS) is 10.9. The molecule has 8 nitrogen and oxygen atoms in total. The Bertz CT molecular complexity index is 1300. The first-order valence-electron chi connectivity index (χ1n) is 13.7. The number of ether oxygens (including phenoxy) is 1. The van der Waals surface area contributed by atoms with Crippen molar-refractivity contribution in [2.24, 2.45) is 0 Å². The van der Waals surface area contributed by atoms with Crippen molar-refractivity contribution in [1.29, 1.82) is 0 Å². The summed E-state index contributed by atoms with van der Waals surface area (Å²) in [6.07, 6.45) is 7.12. The number of carbonyl (C=O) groups excluding carboxylic acids is 2. The van der Waals surface area contributed by atoms with Gasteiger partial charge in [-0.3, -0.25) is 9.59 Å². The average Bonchev–Trinajstić information content (AvgIpc) is 3.62. The number of nitrogens with one attached hydrogen (secondary N) is 1. The minimum absolute atomic E-state index is 0.0817. The Morgan fingerprint density at radius 3 is 2.20 bits per heavy atom. The Balaban J connectivity index is 1.11. The number of Topliss-reactive ketones (excluding diaryl/α,β-unsaturated/α-hetero) is 1. The fourth-order valence-corrected chi connectivity index (χ4v) is 5.94. The number of anilines is 1. The average molecular weight is 578 g/mol. The number of aromatic nitrogens is 4. The standard InChI is InChI=1S/C30H35N5O3S2/c1-3-21-8-6-9-22(18-21)14-16-24(36)20-29-34-32-27(39-29)12-4-5-13-28-33-35-30(40-28)31-26(37)17-15-23-10-7-11-25(19-23)38-2/h6-11,18-19H,3-5,12-17,20H2,1-2H3,(H,31,35,37). The molecule has 210 valence electrons. The number of methoxy groups -OCH3 is 1. The molecule has 4 rings (SSSR count). The molecule has 0 saturated heterocycles. The van der Waals surface area contributed by atoms with Gasteiger partial charge < -0.3 is 10.1 Å². The van der Waals surface area contributed by atoms with Crippen LogP contribution >= 0.6 is 22.7 Å². The molecule has 10 heteroatoms. The molecule has 0 bridgehead atoms. The predicted octanol–water partition coefficient (Wildman–Crippen LogP) is 5.84. The zero-order valence-electron chi connectivity index (χ0n) is 23.0. The Labute approximate surface area is 243 Å². The van der Waals surface area contributed by atoms with Crippen LogP contribution in [0.25, 0.3) is 0 Å². The summed E-state index contributed by atoms with van der Waals surface area (Å²) >= 11 is 2.94. The van der Waals surface area contributed by atoms with Gasteiger partial charge in [0.1, 0.15) is 26.6 Å². The van der Waals surface area contributed by atoms with Crippen LogP contribution in [0.15, 0.2) is 48.5 Å². The fraction of sp³-hybridized carbons (Fsp3) is 0.400. The molecule has 0 fully saturated rings. The van der Waals surface area contributed by atoms with Gasteiger partial charge in [-0.05, 0) is 60.9 Å². The molecule has 2 aromatic carbocycles. The molecule has 0 aliphatic rings. The molecule has 40 heavy (non-hydrogen) atoms. The second kappa shape index (κ2) is 15.3. The van der Waals surface area contributed by atoms with E-state index in [1.165, 1.54) is 33.8 Å². The highest BCUT2D eigenvalue weighted by atomic mass is 32.1. The van der Waals surface area contributed by atoms with Crippen molar-refractivity contribution in [3.8, 4) is 5.75 Å². The van der Waals surface area contributed by atoms with E-state index in [9.17, 15) is 9.59 Å². The lowest BCUT2D eigenvalue weighted by Gasteiger charge is -2.04. The maximum atomic E-state index is 12.5. The van der Waals surface area contributed by atoms with E-state index in [-0.39, 0.29) is 11.7 Å². The number of amides is 1. The predicted molar refractivity (Wildman–Crippen MR) is 159 cm³/mol. The molecule has 0 saturated carbocycles. The smallest absolute Gasteiger partial charge is 0.226 e. The van der Waals surface area contributed by atoms with Crippen molar-refractivity contribution in [2.45, 2.75) is 71.1 Å². The van der Waals surface area contributed by atoms with Crippen molar-refractivity contribution < 1.29 is 14.3 Å². The van der Waals surface area contributed by atoms with Crippen LogP contribution in [-0.4, -0.2) is 39.2 Å². The summed E-state index contributed by atoms with van der Waals surface area (Å²) in [6.45, 7) is 2.14. The van der Waals surface area contributed by atoms with Crippen molar-refractivity contribution in [2.75, 3.05) is 12.4 Å². The molecule has 0 aliphatic heterocycles. The van der Waals surface area contributed by atoms with Crippen LogP contribution in [0.3, 0.4) is 0 Å². The monoisotopic (exact) mass is 577 g/mol. The molecule has 0 aliphatic carbocycles. The van der Waals surface area contributed by atoms with Crippen molar-refractivity contribution in [3.05, 3.63) is 80.2 Å². The topological polar surface area (TPSA) is 107 Å². The lowest BCUT2D eigenvalue weighted by Crippen LogP contribution is -2.12. The maximum Gasteiger partial charge on any atom is 0.226 e. The number of hydrogen-bond acceptors (Lipinski definition) is 9. The van der Waals surface area contributed by atoms with Crippen LogP contribution in [0.4, 0.5) is 5.13 Å². The Kier molecular flexibility index (Phi) is 11.3. The number of hydrogen-bond donors (Lipinski definition) is 1. The summed E-state index contributed by atoms with van der Waals surface area (Å²) in [5.74, 6) is 0.902. The van der Waals surface area contributed by atoms with Gasteiger partial charge in [0, 0.05) is 25.7 Å². The first kappa shape index (κ1) is 29.5. The highest BCUT2D eigenvalue weighted by molar-refractivity contribution is 7.15. The minimum Gasteiger partial charge on any atom is -0.497 e. The molecule has 0 spiro atoms. The minimum atomic E-state index is -0.0817. The summed E-state index contributed by atoms with van der Waals surface area (Å²) in [5.41, 5.74) is 3.56. The zero-order chi connectivity index (χ0) is 28.2. The summed E-state index contributed by atoms with van der Waals surface area (Å²) < 4.78 is 5.23. The highest BCUT2D eigenvalue weighted by Crippen LogP contribution is 2.20. The van der Waals surface area contributed by atoms with E-state index in [1.807, 2.05) is 24.3 Å². The SMILES string of the molecule is CCc1cccc(CCC(=O)Cc2nnc(CCCCc3nnc(NC(=O)CCc4cccc(OC)c4)s3)s2)c1. The van der Waals surface area contributed by atoms with E-state index >= 15 is 0 Å². The molecule has 2 aromatic heterocycles. The molecule has 1 N–H and O–H groups in total. The van der Waals surface area contributed by atoms with E-state index in [2.05, 4.69) is 56.9 Å². The van der Waals surface area contributed by atoms with Crippen LogP contribution in [-0.2, 0) is 48.1 Å². The molecule has 1 amide bonds. The lowest BCUT2D eigenvalue weighted by atomic mass is 10.0. The third-order valence-electron chi connectivity index (χ3n) is 6.47. The molecular weight excluding hydrogens is 542 g/mol. The highest BCUT2D eigenvalue weighted by Gasteiger charge is 2.12. The van der Waals surface area contributed by atoms with Gasteiger partial charge in [-0.25, -0.2) is 0 Å². The lowest BCUT2D eigenvalue weighted by molar-refractivity contribution is -0.118. The number of nitrogens with zero attached hydrogens (tertiary/aromatic N) is 4. The van der Waals surface area contributed by atoms with Gasteiger partial charge >= 0.3 is 0 Å². The number of carbonyl (C=O) groups is 2. The van der Waals surface area contributed by atoms with E-state index in [4.69, 9.17) is 4.74 Å². The molecule has 0 atom stereocenters. The van der Waals surface area contributed by atoms with E-state index < -0.39 is 0 Å². The summed E-state index contributed by atoms with van der Waals surface area (Å²) in [6, 6.07) is 16.2. The van der Waals surface area contributed by atoms with Gasteiger partial charge in [0.25, 0.3) is 0 Å². The number of ketones is 1. The maximum absolute atomic E-state index is 12.5. The van der Waals surface area contributed by atoms with Crippen LogP contribution in [0.2, 0.25) is 0 Å². The zero-order valence-corrected chi connectivity index (χ0v) is 24.7. The summed E-state index contributed by atoms with van der Waals surface area (Å²) in [7, 11) is 1.63. The van der Waals surface area contributed by atoms with Crippen molar-refractivity contribution in [1.82, 2.24) is 20.4 Å². The number of unbranched alkanes of at least 4 members (excludes halogenated alkanes) is 1. The number of rotatable bonds is 16. The van der Waals surface area contributed by atoms with E-state index in [0.717, 1.165) is 64.9 Å². The Morgan fingerprint density at radius 2 is 1.43 bits per heavy atom. The molecule has 2 heterocycles. The second-order valence-electron chi connectivity index (χ2n) is 9.59. The van der Waals surface area contributed by atoms with Crippen molar-refractivity contribution in [3.63, 3.8) is 0 Å². The van der Waals surface area contributed by atoms with Crippen LogP contribution in [0, 0.1) is 0 Å². The van der Waals surface area contributed by atoms with Gasteiger partial charge in [0.05, 0.1) is 13.5 Å².